The molecule has 0 unspecified atom stereocenters. The summed E-state index contributed by atoms with van der Waals surface area (Å²) in [7, 11) is 0. The molecule has 68 valence electrons. The van der Waals surface area contributed by atoms with Crippen molar-refractivity contribution in [2.45, 2.75) is 33.7 Å². The van der Waals surface area contributed by atoms with E-state index in [4.69, 9.17) is 0 Å². The van der Waals surface area contributed by atoms with E-state index in [1.165, 1.54) is 0 Å². The summed E-state index contributed by atoms with van der Waals surface area (Å²) in [5.74, 6) is 0.591. The van der Waals surface area contributed by atoms with Crippen LogP contribution in [0, 0.1) is 5.92 Å². The third-order valence-electron chi connectivity index (χ3n) is 1.79. The van der Waals surface area contributed by atoms with Crippen molar-refractivity contribution in [3.05, 3.63) is 22.1 Å². The Labute approximate surface area is 72.4 Å². The Morgan fingerprint density at radius 1 is 1.58 bits per heavy atom. The maximum Gasteiger partial charge on any atom is 0.266 e. The van der Waals surface area contributed by atoms with Crippen molar-refractivity contribution in [1.82, 2.24) is 9.78 Å². The molecule has 0 aliphatic carbocycles. The van der Waals surface area contributed by atoms with E-state index in [2.05, 4.69) is 18.9 Å². The molecule has 0 radical (unpaired) electrons. The zero-order valence-corrected chi connectivity index (χ0v) is 7.92. The normalized spacial score (nSPS) is 11.0. The first-order valence-electron chi connectivity index (χ1n) is 4.42. The van der Waals surface area contributed by atoms with Gasteiger partial charge in [-0.1, -0.05) is 13.8 Å². The molecule has 0 fully saturated rings. The second kappa shape index (κ2) is 3.61. The standard InChI is InChI=1S/C9H16N2O/c1-4-11-9(12)6-8(10-11)5-7(2)3/h6-7,10H,4-5H2,1-3H3. The average Bonchev–Trinajstić information content (AvgIpc) is 2.29. The van der Waals surface area contributed by atoms with Crippen LogP contribution in [0.15, 0.2) is 10.9 Å². The zero-order chi connectivity index (χ0) is 9.14. The monoisotopic (exact) mass is 168 g/mol. The van der Waals surface area contributed by atoms with Crippen LogP contribution in [-0.2, 0) is 13.0 Å². The molecule has 0 aliphatic rings. The SMILES string of the molecule is CCn1[nH]c(CC(C)C)cc1=O. The number of aromatic nitrogens is 2. The van der Waals surface area contributed by atoms with Crippen molar-refractivity contribution in [3.63, 3.8) is 0 Å². The minimum Gasteiger partial charge on any atom is -0.300 e. The molecule has 0 aliphatic heterocycles. The summed E-state index contributed by atoms with van der Waals surface area (Å²) in [5, 5.41) is 3.07. The lowest BCUT2D eigenvalue weighted by atomic mass is 10.1. The molecular weight excluding hydrogens is 152 g/mol. The Morgan fingerprint density at radius 2 is 2.25 bits per heavy atom. The number of hydrogen-bond donors (Lipinski definition) is 1. The fourth-order valence-corrected chi connectivity index (χ4v) is 1.27. The Bertz CT molecular complexity index is 296. The smallest absolute Gasteiger partial charge is 0.266 e. The Balaban J connectivity index is 2.82. The summed E-state index contributed by atoms with van der Waals surface area (Å²) >= 11 is 0. The van der Waals surface area contributed by atoms with E-state index in [0.717, 1.165) is 18.7 Å². The van der Waals surface area contributed by atoms with Crippen LogP contribution < -0.4 is 5.56 Å². The van der Waals surface area contributed by atoms with E-state index in [1.807, 2.05) is 6.92 Å². The first-order chi connectivity index (χ1) is 5.63. The molecule has 0 aromatic carbocycles. The van der Waals surface area contributed by atoms with E-state index in [-0.39, 0.29) is 5.56 Å². The number of hydrogen-bond acceptors (Lipinski definition) is 1. The molecule has 12 heavy (non-hydrogen) atoms. The molecule has 0 bridgehead atoms. The van der Waals surface area contributed by atoms with Crippen LogP contribution in [-0.4, -0.2) is 9.78 Å². The first kappa shape index (κ1) is 9.10. The lowest BCUT2D eigenvalue weighted by Crippen LogP contribution is -2.13. The van der Waals surface area contributed by atoms with Gasteiger partial charge in [0.2, 0.25) is 0 Å². The van der Waals surface area contributed by atoms with Crippen molar-refractivity contribution in [2.75, 3.05) is 0 Å². The minimum absolute atomic E-state index is 0.0770. The highest BCUT2D eigenvalue weighted by molar-refractivity contribution is 5.00. The lowest BCUT2D eigenvalue weighted by molar-refractivity contribution is 0.592. The predicted molar refractivity (Wildman–Crippen MR) is 49.3 cm³/mol. The highest BCUT2D eigenvalue weighted by atomic mass is 16.1. The highest BCUT2D eigenvalue weighted by Gasteiger charge is 2.02. The van der Waals surface area contributed by atoms with Gasteiger partial charge in [0.25, 0.3) is 5.56 Å². The number of rotatable bonds is 3. The summed E-state index contributed by atoms with van der Waals surface area (Å²) in [6.07, 6.45) is 0.947. The molecule has 0 amide bonds. The molecule has 1 rings (SSSR count). The second-order valence-electron chi connectivity index (χ2n) is 3.46. The van der Waals surface area contributed by atoms with E-state index < -0.39 is 0 Å². The van der Waals surface area contributed by atoms with Gasteiger partial charge < -0.3 is 0 Å². The van der Waals surface area contributed by atoms with Gasteiger partial charge in [-0.25, -0.2) is 0 Å². The van der Waals surface area contributed by atoms with Gasteiger partial charge in [-0.2, -0.15) is 0 Å². The number of aryl methyl sites for hydroxylation is 1. The number of H-pyrrole nitrogens is 1. The summed E-state index contributed by atoms with van der Waals surface area (Å²) in [5.41, 5.74) is 1.12. The van der Waals surface area contributed by atoms with Crippen molar-refractivity contribution >= 4 is 0 Å². The third-order valence-corrected chi connectivity index (χ3v) is 1.79. The van der Waals surface area contributed by atoms with Gasteiger partial charge >= 0.3 is 0 Å². The molecule has 0 spiro atoms. The second-order valence-corrected chi connectivity index (χ2v) is 3.46. The molecule has 1 heterocycles. The fraction of sp³-hybridized carbons (Fsp3) is 0.667. The van der Waals surface area contributed by atoms with Gasteiger partial charge in [0.05, 0.1) is 0 Å². The number of aromatic amines is 1. The average molecular weight is 168 g/mol. The predicted octanol–water partition coefficient (Wildman–Crippen LogP) is 1.39. The maximum atomic E-state index is 11.2. The number of nitrogens with zero attached hydrogens (tertiary/aromatic N) is 1. The Kier molecular flexibility index (Phi) is 2.74. The van der Waals surface area contributed by atoms with Gasteiger partial charge in [-0.3, -0.25) is 14.6 Å². The Hall–Kier alpha value is -0.990. The molecule has 0 saturated heterocycles. The van der Waals surface area contributed by atoms with Crippen LogP contribution in [0.2, 0.25) is 0 Å². The lowest BCUT2D eigenvalue weighted by Gasteiger charge is -2.00. The minimum atomic E-state index is 0.0770. The quantitative estimate of drug-likeness (QED) is 0.727. The third kappa shape index (κ3) is 2.00. The largest absolute Gasteiger partial charge is 0.300 e. The van der Waals surface area contributed by atoms with Crippen LogP contribution in [0.3, 0.4) is 0 Å². The van der Waals surface area contributed by atoms with Gasteiger partial charge in [0.1, 0.15) is 0 Å². The van der Waals surface area contributed by atoms with Gasteiger partial charge in [-0.05, 0) is 19.3 Å². The van der Waals surface area contributed by atoms with E-state index in [1.54, 1.807) is 10.7 Å². The van der Waals surface area contributed by atoms with E-state index in [0.29, 0.717) is 5.92 Å². The molecule has 1 aromatic rings. The van der Waals surface area contributed by atoms with Crippen LogP contribution in [0.4, 0.5) is 0 Å². The first-order valence-corrected chi connectivity index (χ1v) is 4.42. The highest BCUT2D eigenvalue weighted by Crippen LogP contribution is 2.02. The molecule has 3 heteroatoms. The van der Waals surface area contributed by atoms with Gasteiger partial charge in [-0.15, -0.1) is 0 Å². The van der Waals surface area contributed by atoms with Crippen molar-refractivity contribution in [1.29, 1.82) is 0 Å². The molecule has 0 atom stereocenters. The van der Waals surface area contributed by atoms with Gasteiger partial charge in [0.15, 0.2) is 0 Å². The Morgan fingerprint density at radius 3 is 2.67 bits per heavy atom. The zero-order valence-electron chi connectivity index (χ0n) is 7.92. The molecule has 3 nitrogen and oxygen atoms in total. The topological polar surface area (TPSA) is 37.8 Å². The van der Waals surface area contributed by atoms with Crippen molar-refractivity contribution in [2.24, 2.45) is 5.92 Å². The fourth-order valence-electron chi connectivity index (χ4n) is 1.27. The molecule has 1 aromatic heterocycles. The summed E-state index contributed by atoms with van der Waals surface area (Å²) in [4.78, 5) is 11.2. The maximum absolute atomic E-state index is 11.2. The molecule has 1 N–H and O–H groups in total. The van der Waals surface area contributed by atoms with Crippen LogP contribution in [0.5, 0.6) is 0 Å². The summed E-state index contributed by atoms with van der Waals surface area (Å²) < 4.78 is 1.62. The van der Waals surface area contributed by atoms with Crippen LogP contribution >= 0.6 is 0 Å². The number of nitrogens with one attached hydrogen (secondary N) is 1. The molecule has 0 saturated carbocycles. The van der Waals surface area contributed by atoms with Crippen molar-refractivity contribution in [3.8, 4) is 0 Å². The summed E-state index contributed by atoms with van der Waals surface area (Å²) in [6, 6.07) is 1.68. The van der Waals surface area contributed by atoms with E-state index >= 15 is 0 Å². The van der Waals surface area contributed by atoms with Crippen LogP contribution in [0.1, 0.15) is 26.5 Å². The van der Waals surface area contributed by atoms with Gasteiger partial charge in [0, 0.05) is 18.3 Å². The summed E-state index contributed by atoms with van der Waals surface area (Å²) in [6.45, 7) is 6.96. The van der Waals surface area contributed by atoms with Crippen LogP contribution in [0.25, 0.3) is 0 Å². The van der Waals surface area contributed by atoms with Crippen molar-refractivity contribution < 1.29 is 0 Å². The molecular formula is C9H16N2O. The van der Waals surface area contributed by atoms with E-state index in [9.17, 15) is 4.79 Å².